The molecular formula is C14H28N2O2. The second-order valence-corrected chi connectivity index (χ2v) is 6.34. The topological polar surface area (TPSA) is 50.4 Å². The Kier molecular flexibility index (Phi) is 5.45. The SMILES string of the molecule is CN[C@@H](C)C1CCC(NC(=O)OC(C)(C)C)CC1. The predicted octanol–water partition coefficient (Wildman–Crippen LogP) is 2.68. The summed E-state index contributed by atoms with van der Waals surface area (Å²) in [6.07, 6.45) is 4.16. The van der Waals surface area contributed by atoms with Crippen LogP contribution in [-0.2, 0) is 4.74 Å². The van der Waals surface area contributed by atoms with Gasteiger partial charge >= 0.3 is 6.09 Å². The van der Waals surface area contributed by atoms with E-state index in [2.05, 4.69) is 17.6 Å². The molecule has 1 atom stereocenters. The fraction of sp³-hybridized carbons (Fsp3) is 0.929. The van der Waals surface area contributed by atoms with Gasteiger partial charge in [-0.1, -0.05) is 0 Å². The summed E-state index contributed by atoms with van der Waals surface area (Å²) in [4.78, 5) is 11.7. The zero-order valence-corrected chi connectivity index (χ0v) is 12.4. The maximum absolute atomic E-state index is 11.7. The molecule has 4 heteroatoms. The lowest BCUT2D eigenvalue weighted by Gasteiger charge is -2.32. The summed E-state index contributed by atoms with van der Waals surface area (Å²) in [5.41, 5.74) is -0.415. The molecule has 1 fully saturated rings. The van der Waals surface area contributed by atoms with Gasteiger partial charge in [-0.05, 0) is 66.3 Å². The van der Waals surface area contributed by atoms with Crippen molar-refractivity contribution in [3.63, 3.8) is 0 Å². The van der Waals surface area contributed by atoms with E-state index >= 15 is 0 Å². The van der Waals surface area contributed by atoms with Gasteiger partial charge in [-0.25, -0.2) is 4.79 Å². The molecule has 0 aromatic carbocycles. The van der Waals surface area contributed by atoms with Crippen LogP contribution >= 0.6 is 0 Å². The second-order valence-electron chi connectivity index (χ2n) is 6.34. The van der Waals surface area contributed by atoms with E-state index in [-0.39, 0.29) is 12.1 Å². The largest absolute Gasteiger partial charge is 0.444 e. The molecule has 0 saturated heterocycles. The van der Waals surface area contributed by atoms with Crippen LogP contribution in [0.4, 0.5) is 4.79 Å². The zero-order chi connectivity index (χ0) is 13.8. The van der Waals surface area contributed by atoms with Crippen molar-refractivity contribution in [1.29, 1.82) is 0 Å². The number of alkyl carbamates (subject to hydrolysis) is 1. The van der Waals surface area contributed by atoms with Gasteiger partial charge in [0, 0.05) is 12.1 Å². The van der Waals surface area contributed by atoms with Crippen LogP contribution in [-0.4, -0.2) is 30.8 Å². The number of carbonyl (C=O) groups excluding carboxylic acids is 1. The highest BCUT2D eigenvalue weighted by Gasteiger charge is 2.26. The molecule has 18 heavy (non-hydrogen) atoms. The van der Waals surface area contributed by atoms with Crippen molar-refractivity contribution in [2.75, 3.05) is 7.05 Å². The Morgan fingerprint density at radius 2 is 1.78 bits per heavy atom. The average Bonchev–Trinajstić information content (AvgIpc) is 2.26. The molecule has 0 aliphatic heterocycles. The van der Waals surface area contributed by atoms with E-state index in [9.17, 15) is 4.79 Å². The summed E-state index contributed by atoms with van der Waals surface area (Å²) in [5, 5.41) is 6.28. The van der Waals surface area contributed by atoms with Gasteiger partial charge in [-0.3, -0.25) is 0 Å². The van der Waals surface area contributed by atoms with E-state index in [0.717, 1.165) is 18.8 Å². The van der Waals surface area contributed by atoms with Crippen molar-refractivity contribution in [3.05, 3.63) is 0 Å². The highest BCUT2D eigenvalue weighted by Crippen LogP contribution is 2.27. The summed E-state index contributed by atoms with van der Waals surface area (Å²) in [6, 6.07) is 0.840. The molecule has 0 aromatic rings. The second kappa shape index (κ2) is 6.41. The molecule has 0 radical (unpaired) electrons. The molecular weight excluding hydrogens is 228 g/mol. The van der Waals surface area contributed by atoms with Crippen LogP contribution < -0.4 is 10.6 Å². The third kappa shape index (κ3) is 5.25. The van der Waals surface area contributed by atoms with Gasteiger partial charge in [0.25, 0.3) is 0 Å². The van der Waals surface area contributed by atoms with Crippen LogP contribution in [0.25, 0.3) is 0 Å². The molecule has 0 aromatic heterocycles. The molecule has 4 nitrogen and oxygen atoms in total. The molecule has 0 heterocycles. The number of hydrogen-bond acceptors (Lipinski definition) is 3. The minimum Gasteiger partial charge on any atom is -0.444 e. The number of ether oxygens (including phenoxy) is 1. The average molecular weight is 256 g/mol. The van der Waals surface area contributed by atoms with Crippen molar-refractivity contribution in [2.24, 2.45) is 5.92 Å². The number of nitrogens with one attached hydrogen (secondary N) is 2. The van der Waals surface area contributed by atoms with Gasteiger partial charge in [0.2, 0.25) is 0 Å². The zero-order valence-electron chi connectivity index (χ0n) is 12.4. The summed E-state index contributed by atoms with van der Waals surface area (Å²) >= 11 is 0. The highest BCUT2D eigenvalue weighted by molar-refractivity contribution is 5.68. The molecule has 1 aliphatic carbocycles. The smallest absolute Gasteiger partial charge is 0.407 e. The number of hydrogen-bond donors (Lipinski definition) is 2. The maximum atomic E-state index is 11.7. The van der Waals surface area contributed by atoms with Gasteiger partial charge in [0.05, 0.1) is 0 Å². The third-order valence-corrected chi connectivity index (χ3v) is 3.66. The van der Waals surface area contributed by atoms with Crippen molar-refractivity contribution in [2.45, 2.75) is 71.1 Å². The lowest BCUT2D eigenvalue weighted by Crippen LogP contribution is -2.43. The Balaban J connectivity index is 2.29. The van der Waals surface area contributed by atoms with Crippen LogP contribution in [0.3, 0.4) is 0 Å². The molecule has 2 N–H and O–H groups in total. The molecule has 0 unspecified atom stereocenters. The first kappa shape index (κ1) is 15.3. The van der Waals surface area contributed by atoms with E-state index in [0.29, 0.717) is 6.04 Å². The van der Waals surface area contributed by atoms with Crippen LogP contribution in [0.1, 0.15) is 53.4 Å². The molecule has 1 rings (SSSR count). The van der Waals surface area contributed by atoms with E-state index in [1.54, 1.807) is 0 Å². The van der Waals surface area contributed by atoms with Gasteiger partial charge in [0.15, 0.2) is 0 Å². The van der Waals surface area contributed by atoms with Crippen molar-refractivity contribution in [1.82, 2.24) is 10.6 Å². The number of amides is 1. The molecule has 106 valence electrons. The first-order valence-corrected chi connectivity index (χ1v) is 6.98. The van der Waals surface area contributed by atoms with Crippen LogP contribution in [0.5, 0.6) is 0 Å². The minimum atomic E-state index is -0.415. The minimum absolute atomic E-state index is 0.278. The molecule has 0 spiro atoms. The fourth-order valence-electron chi connectivity index (χ4n) is 2.47. The Labute approximate surface area is 111 Å². The maximum Gasteiger partial charge on any atom is 0.407 e. The van der Waals surface area contributed by atoms with Gasteiger partial charge in [-0.2, -0.15) is 0 Å². The Morgan fingerprint density at radius 3 is 2.22 bits per heavy atom. The molecule has 0 bridgehead atoms. The van der Waals surface area contributed by atoms with Gasteiger partial charge < -0.3 is 15.4 Å². The monoisotopic (exact) mass is 256 g/mol. The first-order valence-electron chi connectivity index (χ1n) is 6.98. The van der Waals surface area contributed by atoms with Crippen LogP contribution in [0, 0.1) is 5.92 Å². The van der Waals surface area contributed by atoms with E-state index in [4.69, 9.17) is 4.74 Å². The van der Waals surface area contributed by atoms with Gasteiger partial charge in [0.1, 0.15) is 5.60 Å². The van der Waals surface area contributed by atoms with Crippen molar-refractivity contribution >= 4 is 6.09 Å². The number of rotatable bonds is 3. The van der Waals surface area contributed by atoms with Crippen LogP contribution in [0.2, 0.25) is 0 Å². The predicted molar refractivity (Wildman–Crippen MR) is 73.6 cm³/mol. The summed E-state index contributed by atoms with van der Waals surface area (Å²) < 4.78 is 5.27. The quantitative estimate of drug-likeness (QED) is 0.816. The first-order chi connectivity index (χ1) is 8.31. The lowest BCUT2D eigenvalue weighted by molar-refractivity contribution is 0.0485. The highest BCUT2D eigenvalue weighted by atomic mass is 16.6. The Morgan fingerprint density at radius 1 is 1.22 bits per heavy atom. The van der Waals surface area contributed by atoms with E-state index < -0.39 is 5.60 Å². The molecule has 1 aliphatic rings. The summed E-state index contributed by atoms with van der Waals surface area (Å²) in [6.45, 7) is 7.89. The normalized spacial score (nSPS) is 26.5. The van der Waals surface area contributed by atoms with Gasteiger partial charge in [-0.15, -0.1) is 0 Å². The fourth-order valence-corrected chi connectivity index (χ4v) is 2.47. The summed E-state index contributed by atoms with van der Waals surface area (Å²) in [7, 11) is 2.01. The lowest BCUT2D eigenvalue weighted by atomic mass is 9.82. The Hall–Kier alpha value is -0.770. The van der Waals surface area contributed by atoms with Crippen molar-refractivity contribution < 1.29 is 9.53 Å². The third-order valence-electron chi connectivity index (χ3n) is 3.66. The van der Waals surface area contributed by atoms with Crippen molar-refractivity contribution in [3.8, 4) is 0 Å². The molecule has 1 amide bonds. The van der Waals surface area contributed by atoms with Crippen LogP contribution in [0.15, 0.2) is 0 Å². The standard InChI is InChI=1S/C14H28N2O2/c1-10(15-5)11-6-8-12(9-7-11)16-13(17)18-14(2,3)4/h10-12,15H,6-9H2,1-5H3,(H,16,17)/t10-,11?,12?/m0/s1. The van der Waals surface area contributed by atoms with E-state index in [1.807, 2.05) is 27.8 Å². The number of carbonyl (C=O) groups is 1. The van der Waals surface area contributed by atoms with E-state index in [1.165, 1.54) is 12.8 Å². The Bertz CT molecular complexity index is 265. The molecule has 1 saturated carbocycles. The summed E-state index contributed by atoms with van der Waals surface area (Å²) in [5.74, 6) is 0.728.